The van der Waals surface area contributed by atoms with Gasteiger partial charge in [0.05, 0.1) is 18.7 Å². The topological polar surface area (TPSA) is 57.6 Å². The summed E-state index contributed by atoms with van der Waals surface area (Å²) < 4.78 is 0.740. The Morgan fingerprint density at radius 2 is 1.74 bits per heavy atom. The fraction of sp³-hybridized carbons (Fsp3) is 0.172. The summed E-state index contributed by atoms with van der Waals surface area (Å²) in [6.07, 6.45) is -0.327. The van der Waals surface area contributed by atoms with Gasteiger partial charge in [0.2, 0.25) is 0 Å². The lowest BCUT2D eigenvalue weighted by molar-refractivity contribution is -0.136. The van der Waals surface area contributed by atoms with Gasteiger partial charge in [-0.3, -0.25) is 9.59 Å². The molecule has 1 atom stereocenters. The third-order valence-corrected chi connectivity index (χ3v) is 7.13. The average molecular weight is 514 g/mol. The van der Waals surface area contributed by atoms with E-state index in [0.717, 1.165) is 31.9 Å². The predicted octanol–water partition coefficient (Wildman–Crippen LogP) is 6.23. The molecule has 4 aromatic carbocycles. The van der Waals surface area contributed by atoms with E-state index in [-0.39, 0.29) is 12.2 Å². The minimum atomic E-state index is -1.94. The van der Waals surface area contributed by atoms with E-state index in [4.69, 9.17) is 0 Å². The van der Waals surface area contributed by atoms with Crippen LogP contribution in [-0.2, 0) is 16.9 Å². The van der Waals surface area contributed by atoms with Gasteiger partial charge in [-0.25, -0.2) is 0 Å². The first-order valence-corrected chi connectivity index (χ1v) is 12.0. The molecule has 0 aromatic heterocycles. The second-order valence-electron chi connectivity index (χ2n) is 8.97. The number of rotatable bonds is 5. The molecule has 0 spiro atoms. The highest BCUT2D eigenvalue weighted by Gasteiger charge is 2.51. The first kappa shape index (κ1) is 22.5. The summed E-state index contributed by atoms with van der Waals surface area (Å²) >= 11 is 3.46. The lowest BCUT2D eigenvalue weighted by Gasteiger charge is -2.23. The van der Waals surface area contributed by atoms with Gasteiger partial charge < -0.3 is 10.0 Å². The molecule has 0 saturated carbocycles. The van der Waals surface area contributed by atoms with Crippen LogP contribution in [0.25, 0.3) is 10.8 Å². The average Bonchev–Trinajstić information content (AvgIpc) is 3.02. The molecule has 1 amide bonds. The summed E-state index contributed by atoms with van der Waals surface area (Å²) in [6, 6.07) is 24.7. The van der Waals surface area contributed by atoms with E-state index in [1.807, 2.05) is 74.5 Å². The molecule has 34 heavy (non-hydrogen) atoms. The quantitative estimate of drug-likeness (QED) is 0.322. The van der Waals surface area contributed by atoms with Crippen LogP contribution in [0, 0.1) is 13.8 Å². The Bertz CT molecular complexity index is 1460. The second-order valence-corrected chi connectivity index (χ2v) is 9.89. The number of benzene rings is 4. The summed E-state index contributed by atoms with van der Waals surface area (Å²) in [4.78, 5) is 28.8. The zero-order chi connectivity index (χ0) is 24.0. The van der Waals surface area contributed by atoms with E-state index >= 15 is 0 Å². The highest BCUT2D eigenvalue weighted by atomic mass is 79.9. The number of Topliss-reactive ketones (excluding diaryl/α,β-unsaturated/α-hetero) is 1. The van der Waals surface area contributed by atoms with Crippen molar-refractivity contribution in [1.29, 1.82) is 0 Å². The van der Waals surface area contributed by atoms with Crippen LogP contribution in [-0.4, -0.2) is 16.8 Å². The van der Waals surface area contributed by atoms with E-state index in [9.17, 15) is 14.7 Å². The molecule has 0 fully saturated rings. The van der Waals surface area contributed by atoms with E-state index < -0.39 is 11.5 Å². The Morgan fingerprint density at radius 1 is 0.971 bits per heavy atom. The molecular formula is C29H24BrNO3. The molecule has 1 aliphatic heterocycles. The highest BCUT2D eigenvalue weighted by molar-refractivity contribution is 9.10. The largest absolute Gasteiger partial charge is 0.375 e. The van der Waals surface area contributed by atoms with Crippen LogP contribution in [0.5, 0.6) is 0 Å². The summed E-state index contributed by atoms with van der Waals surface area (Å²) in [7, 11) is 0. The van der Waals surface area contributed by atoms with Gasteiger partial charge in [0.15, 0.2) is 11.4 Å². The van der Waals surface area contributed by atoms with Gasteiger partial charge in [-0.2, -0.15) is 0 Å². The standard InChI is InChI=1S/C29H24BrNO3/c1-18-10-11-19(2)21(14-18)17-31-26-13-12-22(30)15-25(26)29(34,28(31)33)16-27(32)24-9-5-7-20-6-3-4-8-23(20)24/h3-15,34H,16-17H2,1-2H3. The maximum atomic E-state index is 13.7. The predicted molar refractivity (Wildman–Crippen MR) is 138 cm³/mol. The van der Waals surface area contributed by atoms with Gasteiger partial charge in [-0.05, 0) is 53.9 Å². The number of anilines is 1. The molecule has 1 N–H and O–H groups in total. The Labute approximate surface area is 207 Å². The van der Waals surface area contributed by atoms with Gasteiger partial charge >= 0.3 is 0 Å². The van der Waals surface area contributed by atoms with Crippen LogP contribution < -0.4 is 4.90 Å². The number of halogens is 1. The van der Waals surface area contributed by atoms with Crippen molar-refractivity contribution in [2.75, 3.05) is 4.90 Å². The van der Waals surface area contributed by atoms with Gasteiger partial charge in [0, 0.05) is 15.6 Å². The summed E-state index contributed by atoms with van der Waals surface area (Å²) in [6.45, 7) is 4.35. The third kappa shape index (κ3) is 3.75. The minimum Gasteiger partial charge on any atom is -0.375 e. The van der Waals surface area contributed by atoms with Crippen LogP contribution in [0.2, 0.25) is 0 Å². The number of aliphatic hydroxyl groups is 1. The zero-order valence-electron chi connectivity index (χ0n) is 19.0. The number of amides is 1. The lowest BCUT2D eigenvalue weighted by atomic mass is 9.87. The van der Waals surface area contributed by atoms with E-state index in [2.05, 4.69) is 22.0 Å². The van der Waals surface area contributed by atoms with Crippen LogP contribution >= 0.6 is 15.9 Å². The number of ketones is 1. The molecule has 1 aliphatic rings. The number of fused-ring (bicyclic) bond motifs is 2. The molecule has 0 radical (unpaired) electrons. The summed E-state index contributed by atoms with van der Waals surface area (Å²) in [5, 5.41) is 13.5. The SMILES string of the molecule is Cc1ccc(C)c(CN2C(=O)C(O)(CC(=O)c3cccc4ccccc34)c3cc(Br)ccc32)c1. The van der Waals surface area contributed by atoms with Crippen molar-refractivity contribution in [1.82, 2.24) is 0 Å². The van der Waals surface area contributed by atoms with E-state index in [1.165, 1.54) is 0 Å². The second kappa shape index (κ2) is 8.49. The molecular weight excluding hydrogens is 490 g/mol. The van der Waals surface area contributed by atoms with Crippen molar-refractivity contribution in [2.24, 2.45) is 0 Å². The highest BCUT2D eigenvalue weighted by Crippen LogP contribution is 2.45. The Hall–Kier alpha value is -3.28. The number of carbonyl (C=O) groups is 2. The lowest BCUT2D eigenvalue weighted by Crippen LogP contribution is -2.41. The van der Waals surface area contributed by atoms with Crippen molar-refractivity contribution < 1.29 is 14.7 Å². The van der Waals surface area contributed by atoms with Crippen molar-refractivity contribution in [3.05, 3.63) is 111 Å². The molecule has 0 bridgehead atoms. The van der Waals surface area contributed by atoms with E-state index in [1.54, 1.807) is 17.0 Å². The van der Waals surface area contributed by atoms with Gasteiger partial charge in [0.25, 0.3) is 5.91 Å². The zero-order valence-corrected chi connectivity index (χ0v) is 20.6. The van der Waals surface area contributed by atoms with Crippen molar-refractivity contribution >= 4 is 44.1 Å². The number of aryl methyl sites for hydroxylation is 2. The molecule has 5 rings (SSSR count). The minimum absolute atomic E-state index is 0.271. The van der Waals surface area contributed by atoms with Gasteiger partial charge in [-0.15, -0.1) is 0 Å². The molecule has 170 valence electrons. The van der Waals surface area contributed by atoms with Crippen LogP contribution in [0.1, 0.15) is 39.0 Å². The van der Waals surface area contributed by atoms with Crippen molar-refractivity contribution in [2.45, 2.75) is 32.4 Å². The Morgan fingerprint density at radius 3 is 2.56 bits per heavy atom. The fourth-order valence-electron chi connectivity index (χ4n) is 4.79. The molecule has 0 aliphatic carbocycles. The number of hydrogen-bond donors (Lipinski definition) is 1. The van der Waals surface area contributed by atoms with Crippen molar-refractivity contribution in [3.8, 4) is 0 Å². The molecule has 1 unspecified atom stereocenters. The fourth-order valence-corrected chi connectivity index (χ4v) is 5.15. The molecule has 0 saturated heterocycles. The third-order valence-electron chi connectivity index (χ3n) is 6.63. The molecule has 5 heteroatoms. The molecule has 4 aromatic rings. The smallest absolute Gasteiger partial charge is 0.264 e. The summed E-state index contributed by atoms with van der Waals surface area (Å²) in [5.41, 5.74) is 2.82. The molecule has 4 nitrogen and oxygen atoms in total. The first-order valence-electron chi connectivity index (χ1n) is 11.2. The van der Waals surface area contributed by atoms with Crippen LogP contribution in [0.3, 0.4) is 0 Å². The Kier molecular flexibility index (Phi) is 5.62. The number of nitrogens with zero attached hydrogens (tertiary/aromatic N) is 1. The maximum absolute atomic E-state index is 13.7. The maximum Gasteiger partial charge on any atom is 0.264 e. The monoisotopic (exact) mass is 513 g/mol. The van der Waals surface area contributed by atoms with Crippen LogP contribution in [0.15, 0.2) is 83.3 Å². The van der Waals surface area contributed by atoms with Gasteiger partial charge in [0.1, 0.15) is 0 Å². The van der Waals surface area contributed by atoms with Gasteiger partial charge in [-0.1, -0.05) is 82.2 Å². The number of carbonyl (C=O) groups excluding carboxylic acids is 2. The Balaban J connectivity index is 1.55. The summed E-state index contributed by atoms with van der Waals surface area (Å²) in [5.74, 6) is -0.748. The first-order chi connectivity index (χ1) is 16.3. The van der Waals surface area contributed by atoms with Crippen LogP contribution in [0.4, 0.5) is 5.69 Å². The molecule has 1 heterocycles. The van der Waals surface area contributed by atoms with E-state index in [0.29, 0.717) is 23.4 Å². The normalized spacial score (nSPS) is 17.3. The van der Waals surface area contributed by atoms with Crippen molar-refractivity contribution in [3.63, 3.8) is 0 Å². The number of hydrogen-bond acceptors (Lipinski definition) is 3.